The van der Waals surface area contributed by atoms with Crippen molar-refractivity contribution in [3.63, 3.8) is 0 Å². The van der Waals surface area contributed by atoms with Gasteiger partial charge in [-0.1, -0.05) is 71.7 Å². The maximum Gasteiger partial charge on any atom is 0.411 e. The summed E-state index contributed by atoms with van der Waals surface area (Å²) in [5.74, 6) is 0.439. The summed E-state index contributed by atoms with van der Waals surface area (Å²) in [5, 5.41) is 17.5. The molecule has 11 nitrogen and oxygen atoms in total. The lowest BCUT2D eigenvalue weighted by Gasteiger charge is -2.15. The molecule has 2 amide bonds. The van der Waals surface area contributed by atoms with E-state index >= 15 is 0 Å². The quantitative estimate of drug-likeness (QED) is 0.130. The summed E-state index contributed by atoms with van der Waals surface area (Å²) in [7, 11) is 0. The number of anilines is 4. The summed E-state index contributed by atoms with van der Waals surface area (Å²) >= 11 is 19.5. The highest BCUT2D eigenvalue weighted by atomic mass is 35.6. The van der Waals surface area contributed by atoms with Gasteiger partial charge in [0, 0.05) is 26.7 Å². The van der Waals surface area contributed by atoms with Gasteiger partial charge in [-0.3, -0.25) is 15.4 Å². The standard InChI is InChI=1S/C28H23Cl3N8O3S2/c1-15(2)20-9-8-19-23(36-20)32-13-33-24(19)37-21-11-16(25(40)38-26-39-34-14-43-26)3-10-22(21)44-18-6-4-17(5-7-18)35-27(41)42-12-28(29,30)31/h3-11,13-15H,12H2,1-2H3,(H,35,41)(H,38,39,40)(H,32,33,36,37). The Hall–Kier alpha value is -3.75. The van der Waals surface area contributed by atoms with Crippen LogP contribution in [0.5, 0.6) is 0 Å². The van der Waals surface area contributed by atoms with Gasteiger partial charge in [0.2, 0.25) is 8.92 Å². The number of carbonyl (C=O) groups excluding carboxylic acids is 2. The van der Waals surface area contributed by atoms with Gasteiger partial charge in [0.25, 0.3) is 5.91 Å². The second-order valence-electron chi connectivity index (χ2n) is 9.46. The molecule has 226 valence electrons. The molecular formula is C28H23Cl3N8O3S2. The van der Waals surface area contributed by atoms with E-state index < -0.39 is 16.5 Å². The number of amides is 2. The number of fused-ring (bicyclic) bond motifs is 1. The number of alkyl halides is 3. The summed E-state index contributed by atoms with van der Waals surface area (Å²) < 4.78 is 3.20. The third-order valence-electron chi connectivity index (χ3n) is 5.88. The predicted octanol–water partition coefficient (Wildman–Crippen LogP) is 8.07. The maximum atomic E-state index is 13.0. The summed E-state index contributed by atoms with van der Waals surface area (Å²) in [6.45, 7) is 3.74. The van der Waals surface area contributed by atoms with Crippen molar-refractivity contribution >= 4 is 103 Å². The van der Waals surface area contributed by atoms with Crippen LogP contribution in [0.2, 0.25) is 0 Å². The lowest BCUT2D eigenvalue weighted by molar-refractivity contribution is 0.102. The Morgan fingerprint density at radius 2 is 1.82 bits per heavy atom. The molecule has 16 heteroatoms. The molecule has 0 radical (unpaired) electrons. The Morgan fingerprint density at radius 3 is 2.52 bits per heavy atom. The van der Waals surface area contributed by atoms with E-state index in [1.165, 1.54) is 34.9 Å². The number of rotatable bonds is 9. The Morgan fingerprint density at radius 1 is 1.02 bits per heavy atom. The normalized spacial score (nSPS) is 11.4. The van der Waals surface area contributed by atoms with E-state index in [9.17, 15) is 9.59 Å². The highest BCUT2D eigenvalue weighted by molar-refractivity contribution is 7.99. The third kappa shape index (κ3) is 8.45. The first kappa shape index (κ1) is 31.7. The number of aromatic nitrogens is 5. The van der Waals surface area contributed by atoms with Crippen LogP contribution in [-0.4, -0.2) is 47.5 Å². The van der Waals surface area contributed by atoms with E-state index in [-0.39, 0.29) is 11.8 Å². The topological polar surface area (TPSA) is 144 Å². The average molecular weight is 690 g/mol. The first-order valence-corrected chi connectivity index (χ1v) is 15.8. The number of nitrogens with one attached hydrogen (secondary N) is 3. The van der Waals surface area contributed by atoms with Crippen molar-refractivity contribution in [1.82, 2.24) is 25.1 Å². The van der Waals surface area contributed by atoms with E-state index in [4.69, 9.17) is 39.5 Å². The largest absolute Gasteiger partial charge is 0.445 e. The van der Waals surface area contributed by atoms with Crippen LogP contribution in [0.15, 0.2) is 76.2 Å². The molecule has 0 aliphatic heterocycles. The van der Waals surface area contributed by atoms with Gasteiger partial charge >= 0.3 is 6.09 Å². The lowest BCUT2D eigenvalue weighted by Crippen LogP contribution is -2.21. The van der Waals surface area contributed by atoms with E-state index in [2.05, 4.69) is 54.9 Å². The molecule has 3 heterocycles. The number of halogens is 3. The summed E-state index contributed by atoms with van der Waals surface area (Å²) in [6, 6.07) is 16.3. The Bertz CT molecular complexity index is 1790. The third-order valence-corrected chi connectivity index (χ3v) is 7.90. The van der Waals surface area contributed by atoms with Gasteiger partial charge in [0.05, 0.1) is 11.1 Å². The zero-order valence-corrected chi connectivity index (χ0v) is 26.9. The summed E-state index contributed by atoms with van der Waals surface area (Å²) in [4.78, 5) is 40.2. The van der Waals surface area contributed by atoms with Gasteiger partial charge in [0.1, 0.15) is 24.3 Å². The van der Waals surface area contributed by atoms with Gasteiger partial charge in [-0.15, -0.1) is 10.2 Å². The van der Waals surface area contributed by atoms with Crippen molar-refractivity contribution < 1.29 is 14.3 Å². The highest BCUT2D eigenvalue weighted by Gasteiger charge is 2.22. The van der Waals surface area contributed by atoms with E-state index in [1.54, 1.807) is 24.3 Å². The van der Waals surface area contributed by atoms with Gasteiger partial charge in [-0.25, -0.2) is 19.7 Å². The van der Waals surface area contributed by atoms with Crippen LogP contribution < -0.4 is 16.0 Å². The number of pyridine rings is 1. The van der Waals surface area contributed by atoms with Gasteiger partial charge < -0.3 is 10.1 Å². The fourth-order valence-electron chi connectivity index (χ4n) is 3.80. The minimum atomic E-state index is -1.70. The summed E-state index contributed by atoms with van der Waals surface area (Å²) in [6.07, 6.45) is 0.697. The lowest BCUT2D eigenvalue weighted by atomic mass is 10.1. The molecule has 3 aromatic heterocycles. The van der Waals surface area contributed by atoms with Crippen LogP contribution in [0.1, 0.15) is 35.8 Å². The zero-order valence-electron chi connectivity index (χ0n) is 23.0. The molecule has 0 bridgehead atoms. The Labute approximate surface area is 275 Å². The molecule has 0 unspecified atom stereocenters. The van der Waals surface area contributed by atoms with Crippen LogP contribution in [0.4, 0.5) is 27.1 Å². The van der Waals surface area contributed by atoms with Crippen LogP contribution in [-0.2, 0) is 4.74 Å². The minimum Gasteiger partial charge on any atom is -0.445 e. The number of carbonyl (C=O) groups is 2. The predicted molar refractivity (Wildman–Crippen MR) is 175 cm³/mol. The molecule has 0 saturated carbocycles. The van der Waals surface area contributed by atoms with Crippen LogP contribution in [0, 0.1) is 0 Å². The van der Waals surface area contributed by atoms with Crippen LogP contribution in [0.25, 0.3) is 11.0 Å². The summed E-state index contributed by atoms with van der Waals surface area (Å²) in [5.41, 5.74) is 4.54. The monoisotopic (exact) mass is 688 g/mol. The zero-order chi connectivity index (χ0) is 31.3. The Kier molecular flexibility index (Phi) is 10.0. The van der Waals surface area contributed by atoms with Crippen molar-refractivity contribution in [3.8, 4) is 0 Å². The second-order valence-corrected chi connectivity index (χ2v) is 13.9. The van der Waals surface area contributed by atoms with Crippen molar-refractivity contribution in [1.29, 1.82) is 0 Å². The van der Waals surface area contributed by atoms with E-state index in [1.807, 2.05) is 30.3 Å². The smallest absolute Gasteiger partial charge is 0.411 e. The molecular weight excluding hydrogens is 667 g/mol. The molecule has 5 aromatic rings. The number of benzene rings is 2. The van der Waals surface area contributed by atoms with Gasteiger partial charge in [0.15, 0.2) is 5.65 Å². The molecule has 0 aliphatic carbocycles. The first-order chi connectivity index (χ1) is 21.0. The number of ether oxygens (including phenoxy) is 1. The number of hydrogen-bond donors (Lipinski definition) is 3. The van der Waals surface area contributed by atoms with E-state index in [0.29, 0.717) is 33.5 Å². The van der Waals surface area contributed by atoms with Crippen molar-refractivity contribution in [2.45, 2.75) is 33.3 Å². The minimum absolute atomic E-state index is 0.241. The van der Waals surface area contributed by atoms with Crippen molar-refractivity contribution in [3.05, 3.63) is 77.7 Å². The SMILES string of the molecule is CC(C)c1ccc2c(Nc3cc(C(=O)Nc4nncs4)ccc3Sc3ccc(NC(=O)OCC(Cl)(Cl)Cl)cc3)ncnc2n1. The molecule has 0 saturated heterocycles. The van der Waals surface area contributed by atoms with Crippen molar-refractivity contribution in [2.24, 2.45) is 0 Å². The molecule has 44 heavy (non-hydrogen) atoms. The molecule has 0 aliphatic rings. The molecule has 3 N–H and O–H groups in total. The number of nitrogens with zero attached hydrogens (tertiary/aromatic N) is 5. The number of hydrogen-bond acceptors (Lipinski definition) is 11. The van der Waals surface area contributed by atoms with Crippen molar-refractivity contribution in [2.75, 3.05) is 22.6 Å². The Balaban J connectivity index is 1.41. The van der Waals surface area contributed by atoms with E-state index in [0.717, 1.165) is 20.9 Å². The maximum absolute atomic E-state index is 13.0. The van der Waals surface area contributed by atoms with Gasteiger partial charge in [-0.2, -0.15) is 0 Å². The molecule has 0 spiro atoms. The molecule has 0 fully saturated rings. The first-order valence-electron chi connectivity index (χ1n) is 12.9. The van der Waals surface area contributed by atoms with Crippen LogP contribution in [0.3, 0.4) is 0 Å². The highest BCUT2D eigenvalue weighted by Crippen LogP contribution is 2.37. The fraction of sp³-hybridized carbons (Fsp3) is 0.179. The molecule has 5 rings (SSSR count). The fourth-order valence-corrected chi connectivity index (χ4v) is 5.28. The van der Waals surface area contributed by atoms with Gasteiger partial charge in [-0.05, 0) is 60.5 Å². The molecule has 2 aromatic carbocycles. The molecule has 0 atom stereocenters. The van der Waals surface area contributed by atoms with Crippen LogP contribution >= 0.6 is 57.9 Å². The average Bonchev–Trinajstić information content (AvgIpc) is 3.50. The second kappa shape index (κ2) is 13.9.